The van der Waals surface area contributed by atoms with E-state index in [1.807, 2.05) is 27.8 Å². The Morgan fingerprint density at radius 2 is 1.95 bits per heavy atom. The lowest BCUT2D eigenvalue weighted by molar-refractivity contribution is -0.170. The van der Waals surface area contributed by atoms with E-state index in [1.165, 1.54) is 0 Å². The molecule has 128 valence electrons. The minimum absolute atomic E-state index is 0. The van der Waals surface area contributed by atoms with Crippen LogP contribution in [0.5, 0.6) is 0 Å². The normalized spacial score (nSPS) is 26.3. The number of halogens is 2. The third-order valence-electron chi connectivity index (χ3n) is 4.55. The molecule has 5 nitrogen and oxygen atoms in total. The zero-order valence-electron chi connectivity index (χ0n) is 13.8. The Hall–Kier alpha value is -0.0700. The van der Waals surface area contributed by atoms with E-state index in [4.69, 9.17) is 10.5 Å². The van der Waals surface area contributed by atoms with Gasteiger partial charge in [-0.25, -0.2) is 0 Å². The summed E-state index contributed by atoms with van der Waals surface area (Å²) >= 11 is 0. The first kappa shape index (κ1) is 23.2. The Kier molecular flexibility index (Phi) is 10.1. The van der Waals surface area contributed by atoms with Gasteiger partial charge >= 0.3 is 0 Å². The van der Waals surface area contributed by atoms with E-state index in [1.54, 1.807) is 0 Å². The molecule has 0 saturated heterocycles. The average Bonchev–Trinajstić information content (AvgIpc) is 2.37. The number of carbonyl (C=O) groups is 1. The maximum Gasteiger partial charge on any atom is 0.240 e. The molecule has 1 saturated carbocycles. The molecule has 0 heterocycles. The van der Waals surface area contributed by atoms with Crippen LogP contribution in [0.4, 0.5) is 0 Å². The van der Waals surface area contributed by atoms with Crippen LogP contribution in [0.1, 0.15) is 34.1 Å². The molecule has 1 fully saturated rings. The van der Waals surface area contributed by atoms with Gasteiger partial charge in [0.25, 0.3) is 0 Å². The molecular formula is C14H31Cl2N3O2. The van der Waals surface area contributed by atoms with Crippen molar-refractivity contribution in [3.63, 3.8) is 0 Å². The summed E-state index contributed by atoms with van der Waals surface area (Å²) in [5.41, 5.74) is 5.16. The molecule has 7 heteroatoms. The summed E-state index contributed by atoms with van der Waals surface area (Å²) in [5, 5.41) is 2.95. The van der Waals surface area contributed by atoms with Crippen molar-refractivity contribution in [2.24, 2.45) is 11.1 Å². The fourth-order valence-corrected chi connectivity index (χ4v) is 2.50. The van der Waals surface area contributed by atoms with Crippen molar-refractivity contribution < 1.29 is 9.53 Å². The summed E-state index contributed by atoms with van der Waals surface area (Å²) in [6.45, 7) is 11.2. The summed E-state index contributed by atoms with van der Waals surface area (Å²) in [6, 6.07) is 0. The van der Waals surface area contributed by atoms with Gasteiger partial charge in [0.15, 0.2) is 0 Å². The van der Waals surface area contributed by atoms with Crippen LogP contribution in [0.3, 0.4) is 0 Å². The Labute approximate surface area is 141 Å². The maximum absolute atomic E-state index is 12.3. The number of nitrogens with two attached hydrogens (primary N) is 1. The van der Waals surface area contributed by atoms with Gasteiger partial charge in [0.2, 0.25) is 5.91 Å². The Bertz CT molecular complexity index is 329. The molecule has 0 aliphatic heterocycles. The van der Waals surface area contributed by atoms with Gasteiger partial charge in [-0.15, -0.1) is 24.8 Å². The number of rotatable bonds is 7. The highest BCUT2D eigenvalue weighted by Crippen LogP contribution is 2.49. The topological polar surface area (TPSA) is 67.6 Å². The van der Waals surface area contributed by atoms with Gasteiger partial charge in [0, 0.05) is 31.5 Å². The molecule has 0 bridgehead atoms. The van der Waals surface area contributed by atoms with Crippen LogP contribution in [0.15, 0.2) is 0 Å². The second-order valence-corrected chi connectivity index (χ2v) is 5.99. The number of ether oxygens (including phenoxy) is 1. The van der Waals surface area contributed by atoms with Crippen LogP contribution < -0.4 is 11.1 Å². The average molecular weight is 344 g/mol. The predicted octanol–water partition coefficient (Wildman–Crippen LogP) is 1.43. The molecule has 21 heavy (non-hydrogen) atoms. The number of likely N-dealkylation sites (N-methyl/N-ethyl adjacent to an activating group) is 1. The second-order valence-electron chi connectivity index (χ2n) is 5.99. The summed E-state index contributed by atoms with van der Waals surface area (Å²) in [7, 11) is 2.03. The van der Waals surface area contributed by atoms with E-state index in [2.05, 4.69) is 17.1 Å². The minimum Gasteiger partial charge on any atom is -0.378 e. The SMILES string of the molecule is CCOC1CC(N)(C(=O)NCCN(C)CC)C1(C)C.Cl.Cl. The fourth-order valence-electron chi connectivity index (χ4n) is 2.50. The molecule has 0 aromatic heterocycles. The molecule has 0 aromatic carbocycles. The van der Waals surface area contributed by atoms with Crippen LogP contribution in [-0.4, -0.2) is 55.7 Å². The Balaban J connectivity index is 0. The second kappa shape index (κ2) is 9.16. The van der Waals surface area contributed by atoms with E-state index in [0.717, 1.165) is 13.1 Å². The van der Waals surface area contributed by atoms with Gasteiger partial charge in [-0.2, -0.15) is 0 Å². The van der Waals surface area contributed by atoms with Crippen LogP contribution in [0.2, 0.25) is 0 Å². The zero-order chi connectivity index (χ0) is 14.7. The lowest BCUT2D eigenvalue weighted by Crippen LogP contribution is -2.75. The van der Waals surface area contributed by atoms with Crippen molar-refractivity contribution in [2.45, 2.75) is 45.8 Å². The third-order valence-corrected chi connectivity index (χ3v) is 4.55. The molecule has 1 aliphatic rings. The van der Waals surface area contributed by atoms with Gasteiger partial charge in [0.1, 0.15) is 5.54 Å². The van der Waals surface area contributed by atoms with Crippen molar-refractivity contribution in [1.29, 1.82) is 0 Å². The fraction of sp³-hybridized carbons (Fsp3) is 0.929. The summed E-state index contributed by atoms with van der Waals surface area (Å²) in [4.78, 5) is 14.4. The van der Waals surface area contributed by atoms with E-state index >= 15 is 0 Å². The standard InChI is InChI=1S/C14H29N3O2.2ClH/c1-6-17(5)9-8-16-12(18)14(15)10-11(19-7-2)13(14,3)4;;/h11H,6-10,15H2,1-5H3,(H,16,18);2*1H. The van der Waals surface area contributed by atoms with Crippen LogP contribution in [0.25, 0.3) is 0 Å². The molecule has 3 N–H and O–H groups in total. The Morgan fingerprint density at radius 1 is 1.38 bits per heavy atom. The maximum atomic E-state index is 12.3. The van der Waals surface area contributed by atoms with Crippen LogP contribution in [0, 0.1) is 5.41 Å². The highest BCUT2D eigenvalue weighted by Gasteiger charge is 2.62. The highest BCUT2D eigenvalue weighted by molar-refractivity contribution is 5.88. The zero-order valence-corrected chi connectivity index (χ0v) is 15.4. The van der Waals surface area contributed by atoms with Gasteiger partial charge in [-0.3, -0.25) is 4.79 Å². The molecular weight excluding hydrogens is 313 g/mol. The van der Waals surface area contributed by atoms with Crippen molar-refractivity contribution in [2.75, 3.05) is 33.3 Å². The summed E-state index contributed by atoms with van der Waals surface area (Å²) < 4.78 is 5.63. The smallest absolute Gasteiger partial charge is 0.240 e. The first-order valence-corrected chi connectivity index (χ1v) is 7.17. The number of amides is 1. The predicted molar refractivity (Wildman–Crippen MR) is 91.4 cm³/mol. The molecule has 0 spiro atoms. The van der Waals surface area contributed by atoms with Gasteiger partial charge in [0.05, 0.1) is 6.10 Å². The third kappa shape index (κ3) is 4.70. The molecule has 2 unspecified atom stereocenters. The number of nitrogens with one attached hydrogen (secondary N) is 1. The van der Waals surface area contributed by atoms with Crippen LogP contribution >= 0.6 is 24.8 Å². The first-order valence-electron chi connectivity index (χ1n) is 7.17. The number of hydrogen-bond donors (Lipinski definition) is 2. The summed E-state index contributed by atoms with van der Waals surface area (Å²) in [6.07, 6.45) is 0.676. The number of nitrogens with zero attached hydrogens (tertiary/aromatic N) is 1. The largest absolute Gasteiger partial charge is 0.378 e. The van der Waals surface area contributed by atoms with E-state index < -0.39 is 5.54 Å². The van der Waals surface area contributed by atoms with E-state index in [0.29, 0.717) is 19.6 Å². The van der Waals surface area contributed by atoms with Gasteiger partial charge in [-0.05, 0) is 20.5 Å². The Morgan fingerprint density at radius 3 is 2.38 bits per heavy atom. The molecule has 0 radical (unpaired) electrons. The molecule has 2 atom stereocenters. The van der Waals surface area contributed by atoms with Crippen molar-refractivity contribution >= 4 is 30.7 Å². The lowest BCUT2D eigenvalue weighted by Gasteiger charge is -2.57. The van der Waals surface area contributed by atoms with Crippen molar-refractivity contribution in [1.82, 2.24) is 10.2 Å². The first-order chi connectivity index (χ1) is 8.79. The molecule has 1 amide bonds. The van der Waals surface area contributed by atoms with Crippen molar-refractivity contribution in [3.8, 4) is 0 Å². The van der Waals surface area contributed by atoms with Gasteiger partial charge in [-0.1, -0.05) is 20.8 Å². The molecule has 1 aliphatic carbocycles. The summed E-state index contributed by atoms with van der Waals surface area (Å²) in [5.74, 6) is -0.0574. The lowest BCUT2D eigenvalue weighted by atomic mass is 9.54. The quantitative estimate of drug-likeness (QED) is 0.733. The number of carbonyl (C=O) groups excluding carboxylic acids is 1. The minimum atomic E-state index is -0.808. The molecule has 1 rings (SSSR count). The van der Waals surface area contributed by atoms with E-state index in [-0.39, 0.29) is 42.2 Å². The van der Waals surface area contributed by atoms with E-state index in [9.17, 15) is 4.79 Å². The van der Waals surface area contributed by atoms with Gasteiger partial charge < -0.3 is 20.7 Å². The van der Waals surface area contributed by atoms with Crippen molar-refractivity contribution in [3.05, 3.63) is 0 Å². The monoisotopic (exact) mass is 343 g/mol. The molecule has 0 aromatic rings. The number of hydrogen-bond acceptors (Lipinski definition) is 4. The van der Waals surface area contributed by atoms with Crippen LogP contribution in [-0.2, 0) is 9.53 Å². The highest BCUT2D eigenvalue weighted by atomic mass is 35.5.